The summed E-state index contributed by atoms with van der Waals surface area (Å²) in [6.07, 6.45) is 6.76. The van der Waals surface area contributed by atoms with Crippen LogP contribution < -0.4 is 5.32 Å². The molecule has 0 spiro atoms. The fourth-order valence-corrected chi connectivity index (χ4v) is 2.21. The van der Waals surface area contributed by atoms with Crippen molar-refractivity contribution >= 4 is 5.91 Å². The Bertz CT molecular complexity index is 364. The maximum Gasteiger partial charge on any atom is 0.244 e. The monoisotopic (exact) mass is 237 g/mol. The quantitative estimate of drug-likeness (QED) is 0.819. The maximum atomic E-state index is 12.0. The zero-order valence-electron chi connectivity index (χ0n) is 10.0. The van der Waals surface area contributed by atoms with Crippen LogP contribution in [0, 0.1) is 0 Å². The lowest BCUT2D eigenvalue weighted by atomic mass is 9.92. The number of aliphatic hydroxyl groups is 1. The van der Waals surface area contributed by atoms with E-state index in [1.807, 2.05) is 0 Å². The van der Waals surface area contributed by atoms with Gasteiger partial charge in [-0.3, -0.25) is 9.48 Å². The van der Waals surface area contributed by atoms with Gasteiger partial charge in [-0.25, -0.2) is 0 Å². The molecular formula is C12H19N3O2. The molecule has 94 valence electrons. The highest BCUT2D eigenvalue weighted by molar-refractivity contribution is 5.80. The number of rotatable bonds is 3. The lowest BCUT2D eigenvalue weighted by Crippen LogP contribution is -2.47. The molecule has 1 saturated carbocycles. The number of hydrogen-bond acceptors (Lipinski definition) is 3. The van der Waals surface area contributed by atoms with Crippen LogP contribution in [0.5, 0.6) is 0 Å². The Labute approximate surface area is 101 Å². The molecule has 0 aromatic carbocycles. The smallest absolute Gasteiger partial charge is 0.244 e. The summed E-state index contributed by atoms with van der Waals surface area (Å²) in [4.78, 5) is 12.0. The van der Waals surface area contributed by atoms with Crippen LogP contribution in [0.1, 0.15) is 38.6 Å². The number of nitrogens with one attached hydrogen (secondary N) is 1. The normalized spacial score (nSPS) is 26.5. The fourth-order valence-electron chi connectivity index (χ4n) is 2.21. The van der Waals surface area contributed by atoms with Crippen LogP contribution >= 0.6 is 0 Å². The molecule has 1 aliphatic rings. The van der Waals surface area contributed by atoms with Gasteiger partial charge in [0.25, 0.3) is 0 Å². The lowest BCUT2D eigenvalue weighted by molar-refractivity contribution is -0.126. The second-order valence-electron chi connectivity index (χ2n) is 4.63. The van der Waals surface area contributed by atoms with Crippen molar-refractivity contribution in [3.8, 4) is 0 Å². The van der Waals surface area contributed by atoms with E-state index in [0.29, 0.717) is 0 Å². The number of nitrogens with zero attached hydrogens (tertiary/aromatic N) is 2. The minimum Gasteiger partial charge on any atom is -0.391 e. The molecule has 1 unspecified atom stereocenters. The van der Waals surface area contributed by atoms with Crippen molar-refractivity contribution in [3.63, 3.8) is 0 Å². The lowest BCUT2D eigenvalue weighted by Gasteiger charge is -2.29. The molecule has 2 rings (SSSR count). The molecule has 1 aromatic heterocycles. The largest absolute Gasteiger partial charge is 0.391 e. The van der Waals surface area contributed by atoms with E-state index in [1.54, 1.807) is 30.1 Å². The van der Waals surface area contributed by atoms with E-state index < -0.39 is 6.10 Å². The second-order valence-corrected chi connectivity index (χ2v) is 4.63. The first kappa shape index (κ1) is 12.1. The summed E-state index contributed by atoms with van der Waals surface area (Å²) < 4.78 is 1.62. The zero-order valence-corrected chi connectivity index (χ0v) is 10.0. The molecule has 2 N–H and O–H groups in total. The first-order valence-electron chi connectivity index (χ1n) is 6.16. The van der Waals surface area contributed by atoms with E-state index in [2.05, 4.69) is 10.4 Å². The Morgan fingerprint density at radius 3 is 2.94 bits per heavy atom. The molecule has 0 radical (unpaired) electrons. The van der Waals surface area contributed by atoms with Gasteiger partial charge in [0.1, 0.15) is 6.04 Å². The van der Waals surface area contributed by atoms with E-state index in [-0.39, 0.29) is 18.0 Å². The Morgan fingerprint density at radius 2 is 2.29 bits per heavy atom. The van der Waals surface area contributed by atoms with Crippen LogP contribution in [0.3, 0.4) is 0 Å². The molecule has 0 bridgehead atoms. The van der Waals surface area contributed by atoms with Gasteiger partial charge in [-0.2, -0.15) is 5.10 Å². The maximum absolute atomic E-state index is 12.0. The van der Waals surface area contributed by atoms with Crippen LogP contribution in [-0.4, -0.2) is 32.9 Å². The number of amides is 1. The standard InChI is InChI=1S/C12H19N3O2/c1-9(15-8-4-7-13-15)12(17)14-10-5-2-3-6-11(10)16/h4,7-11,16H,2-3,5-6H2,1H3,(H,14,17)/t9?,10-,11-/m1/s1. The molecule has 5 heteroatoms. The molecule has 1 aliphatic carbocycles. The van der Waals surface area contributed by atoms with Crippen molar-refractivity contribution < 1.29 is 9.90 Å². The zero-order chi connectivity index (χ0) is 12.3. The average molecular weight is 237 g/mol. The average Bonchev–Trinajstić information content (AvgIpc) is 2.84. The summed E-state index contributed by atoms with van der Waals surface area (Å²) in [6, 6.07) is 1.35. The van der Waals surface area contributed by atoms with Gasteiger partial charge in [0.2, 0.25) is 5.91 Å². The van der Waals surface area contributed by atoms with E-state index in [1.165, 1.54) is 0 Å². The van der Waals surface area contributed by atoms with Gasteiger partial charge in [0.15, 0.2) is 0 Å². The summed E-state index contributed by atoms with van der Waals surface area (Å²) in [5.74, 6) is -0.0837. The third kappa shape index (κ3) is 2.85. The Hall–Kier alpha value is -1.36. The van der Waals surface area contributed by atoms with E-state index >= 15 is 0 Å². The first-order valence-corrected chi connectivity index (χ1v) is 6.16. The highest BCUT2D eigenvalue weighted by Crippen LogP contribution is 2.19. The predicted octanol–water partition coefficient (Wildman–Crippen LogP) is 0.864. The summed E-state index contributed by atoms with van der Waals surface area (Å²) in [5, 5.41) is 16.7. The molecule has 1 heterocycles. The molecule has 17 heavy (non-hydrogen) atoms. The number of carbonyl (C=O) groups is 1. The van der Waals surface area contributed by atoms with Crippen molar-refractivity contribution in [2.75, 3.05) is 0 Å². The van der Waals surface area contributed by atoms with Crippen molar-refractivity contribution in [1.29, 1.82) is 0 Å². The van der Waals surface area contributed by atoms with Crippen molar-refractivity contribution in [2.24, 2.45) is 0 Å². The van der Waals surface area contributed by atoms with Crippen molar-refractivity contribution in [1.82, 2.24) is 15.1 Å². The number of aromatic nitrogens is 2. The van der Waals surface area contributed by atoms with Crippen LogP contribution in [-0.2, 0) is 4.79 Å². The van der Waals surface area contributed by atoms with Gasteiger partial charge in [0.05, 0.1) is 12.1 Å². The van der Waals surface area contributed by atoms with Crippen molar-refractivity contribution in [2.45, 2.75) is 50.8 Å². The fraction of sp³-hybridized carbons (Fsp3) is 0.667. The summed E-state index contributed by atoms with van der Waals surface area (Å²) in [6.45, 7) is 1.80. The summed E-state index contributed by atoms with van der Waals surface area (Å²) in [5.41, 5.74) is 0. The van der Waals surface area contributed by atoms with Gasteiger partial charge in [-0.1, -0.05) is 12.8 Å². The SMILES string of the molecule is CC(C(=O)N[C@@H]1CCCC[C@H]1O)n1cccn1. The van der Waals surface area contributed by atoms with Crippen LogP contribution in [0.4, 0.5) is 0 Å². The van der Waals surface area contributed by atoms with Gasteiger partial charge < -0.3 is 10.4 Å². The van der Waals surface area contributed by atoms with E-state index in [4.69, 9.17) is 0 Å². The van der Waals surface area contributed by atoms with Gasteiger partial charge in [-0.05, 0) is 25.8 Å². The van der Waals surface area contributed by atoms with Crippen LogP contribution in [0.2, 0.25) is 0 Å². The summed E-state index contributed by atoms with van der Waals surface area (Å²) in [7, 11) is 0. The molecule has 5 nitrogen and oxygen atoms in total. The molecule has 0 aliphatic heterocycles. The minimum absolute atomic E-state index is 0.0837. The highest BCUT2D eigenvalue weighted by Gasteiger charge is 2.26. The van der Waals surface area contributed by atoms with Crippen molar-refractivity contribution in [3.05, 3.63) is 18.5 Å². The van der Waals surface area contributed by atoms with E-state index in [9.17, 15) is 9.90 Å². The number of hydrogen-bond donors (Lipinski definition) is 2. The highest BCUT2D eigenvalue weighted by atomic mass is 16.3. The second kappa shape index (κ2) is 5.31. The van der Waals surface area contributed by atoms with Gasteiger partial charge >= 0.3 is 0 Å². The topological polar surface area (TPSA) is 67.2 Å². The third-order valence-corrected chi connectivity index (χ3v) is 3.36. The Morgan fingerprint density at radius 1 is 1.53 bits per heavy atom. The van der Waals surface area contributed by atoms with E-state index in [0.717, 1.165) is 25.7 Å². The minimum atomic E-state index is -0.405. The van der Waals surface area contributed by atoms with Crippen LogP contribution in [0.15, 0.2) is 18.5 Å². The molecular weight excluding hydrogens is 218 g/mol. The Balaban J connectivity index is 1.92. The molecule has 3 atom stereocenters. The molecule has 1 fully saturated rings. The molecule has 0 saturated heterocycles. The number of carbonyl (C=O) groups excluding carboxylic acids is 1. The first-order chi connectivity index (χ1) is 8.18. The van der Waals surface area contributed by atoms with Gasteiger partial charge in [0, 0.05) is 12.4 Å². The van der Waals surface area contributed by atoms with Crippen LogP contribution in [0.25, 0.3) is 0 Å². The third-order valence-electron chi connectivity index (χ3n) is 3.36. The molecule has 1 amide bonds. The Kier molecular flexibility index (Phi) is 3.78. The predicted molar refractivity (Wildman–Crippen MR) is 63.3 cm³/mol. The number of aliphatic hydroxyl groups excluding tert-OH is 1. The molecule has 1 aromatic rings. The summed E-state index contributed by atoms with van der Waals surface area (Å²) >= 11 is 0. The van der Waals surface area contributed by atoms with Gasteiger partial charge in [-0.15, -0.1) is 0 Å².